The molecule has 3 heteroatoms. The van der Waals surface area contributed by atoms with Crippen LogP contribution in [0.2, 0.25) is 0 Å². The van der Waals surface area contributed by atoms with Crippen molar-refractivity contribution in [3.8, 4) is 11.5 Å². The Hall–Kier alpha value is -2.81. The highest BCUT2D eigenvalue weighted by molar-refractivity contribution is 5.95. The molecule has 3 rings (SSSR count). The average molecular weight is 278 g/mol. The first kappa shape index (κ1) is 13.2. The van der Waals surface area contributed by atoms with Gasteiger partial charge in [0.2, 0.25) is 0 Å². The van der Waals surface area contributed by atoms with Gasteiger partial charge in [0.05, 0.1) is 12.7 Å². The minimum Gasteiger partial charge on any atom is -0.497 e. The van der Waals surface area contributed by atoms with Gasteiger partial charge < -0.3 is 9.47 Å². The zero-order chi connectivity index (χ0) is 14.7. The van der Waals surface area contributed by atoms with Gasteiger partial charge in [0, 0.05) is 5.39 Å². The van der Waals surface area contributed by atoms with Crippen LogP contribution in [0.5, 0.6) is 11.5 Å². The van der Waals surface area contributed by atoms with Gasteiger partial charge in [-0.3, -0.25) is 0 Å². The summed E-state index contributed by atoms with van der Waals surface area (Å²) in [6.45, 7) is 0. The number of ether oxygens (including phenoxy) is 2. The van der Waals surface area contributed by atoms with E-state index < -0.39 is 0 Å². The summed E-state index contributed by atoms with van der Waals surface area (Å²) in [4.78, 5) is 12.1. The molecule has 0 atom stereocenters. The predicted molar refractivity (Wildman–Crippen MR) is 81.9 cm³/mol. The highest BCUT2D eigenvalue weighted by Crippen LogP contribution is 2.29. The minimum absolute atomic E-state index is 0.362. The van der Waals surface area contributed by atoms with Crippen molar-refractivity contribution in [1.82, 2.24) is 0 Å². The Kier molecular flexibility index (Phi) is 3.56. The first-order valence-electron chi connectivity index (χ1n) is 6.62. The Morgan fingerprint density at radius 1 is 0.905 bits per heavy atom. The first-order chi connectivity index (χ1) is 10.3. The molecule has 21 heavy (non-hydrogen) atoms. The average Bonchev–Trinajstić information content (AvgIpc) is 2.55. The summed E-state index contributed by atoms with van der Waals surface area (Å²) < 4.78 is 10.7. The van der Waals surface area contributed by atoms with E-state index in [1.807, 2.05) is 48.5 Å². The lowest BCUT2D eigenvalue weighted by Crippen LogP contribution is -2.08. The van der Waals surface area contributed by atoms with E-state index >= 15 is 0 Å². The second-order valence-electron chi connectivity index (χ2n) is 4.60. The molecule has 0 unspecified atom stereocenters. The van der Waals surface area contributed by atoms with E-state index in [2.05, 4.69) is 0 Å². The molecule has 0 N–H and O–H groups in total. The summed E-state index contributed by atoms with van der Waals surface area (Å²) in [5.41, 5.74) is 0.531. The third kappa shape index (κ3) is 2.72. The maximum atomic E-state index is 12.1. The summed E-state index contributed by atoms with van der Waals surface area (Å²) in [5, 5.41) is 1.84. The molecule has 0 aromatic heterocycles. The molecule has 0 heterocycles. The predicted octanol–water partition coefficient (Wildman–Crippen LogP) is 4.07. The van der Waals surface area contributed by atoms with E-state index in [1.54, 1.807) is 25.3 Å². The number of carbonyl (C=O) groups is 1. The van der Waals surface area contributed by atoms with Gasteiger partial charge in [-0.05, 0) is 41.8 Å². The van der Waals surface area contributed by atoms with Crippen LogP contribution in [0.4, 0.5) is 0 Å². The van der Waals surface area contributed by atoms with E-state index in [0.29, 0.717) is 11.3 Å². The van der Waals surface area contributed by atoms with Crippen LogP contribution in [0.25, 0.3) is 10.8 Å². The van der Waals surface area contributed by atoms with Crippen LogP contribution in [0.1, 0.15) is 10.4 Å². The van der Waals surface area contributed by atoms with Crippen molar-refractivity contribution < 1.29 is 14.3 Å². The Morgan fingerprint density at radius 3 is 2.48 bits per heavy atom. The Morgan fingerprint density at radius 2 is 1.71 bits per heavy atom. The van der Waals surface area contributed by atoms with E-state index in [4.69, 9.17) is 9.47 Å². The van der Waals surface area contributed by atoms with Gasteiger partial charge in [0.15, 0.2) is 0 Å². The molecule has 0 saturated carbocycles. The highest BCUT2D eigenvalue weighted by atomic mass is 16.5. The molecular weight excluding hydrogens is 264 g/mol. The smallest absolute Gasteiger partial charge is 0.343 e. The van der Waals surface area contributed by atoms with Crippen LogP contribution >= 0.6 is 0 Å². The van der Waals surface area contributed by atoms with E-state index in [-0.39, 0.29) is 5.97 Å². The van der Waals surface area contributed by atoms with Gasteiger partial charge in [0.1, 0.15) is 11.5 Å². The van der Waals surface area contributed by atoms with Crippen molar-refractivity contribution in [2.75, 3.05) is 7.11 Å². The number of rotatable bonds is 3. The van der Waals surface area contributed by atoms with Gasteiger partial charge in [-0.2, -0.15) is 0 Å². The quantitative estimate of drug-likeness (QED) is 0.535. The summed E-state index contributed by atoms with van der Waals surface area (Å²) in [5.74, 6) is 0.956. The van der Waals surface area contributed by atoms with Crippen LogP contribution in [-0.4, -0.2) is 13.1 Å². The first-order valence-corrected chi connectivity index (χ1v) is 6.62. The van der Waals surface area contributed by atoms with Crippen molar-refractivity contribution in [1.29, 1.82) is 0 Å². The molecule has 3 nitrogen and oxygen atoms in total. The molecule has 0 aliphatic carbocycles. The molecular formula is C18H14O3. The van der Waals surface area contributed by atoms with Crippen LogP contribution < -0.4 is 9.47 Å². The molecule has 0 fully saturated rings. The number of carbonyl (C=O) groups excluding carboxylic acids is 1. The molecule has 0 saturated heterocycles. The number of fused-ring (bicyclic) bond motifs is 1. The second-order valence-corrected chi connectivity index (χ2v) is 4.60. The molecule has 0 aliphatic rings. The third-order valence-electron chi connectivity index (χ3n) is 3.26. The SMILES string of the molecule is COc1ccc2c(OC(=O)c3ccccc3)cccc2c1. The fourth-order valence-electron chi connectivity index (χ4n) is 2.18. The van der Waals surface area contributed by atoms with Crippen molar-refractivity contribution >= 4 is 16.7 Å². The van der Waals surface area contributed by atoms with Crippen molar-refractivity contribution in [2.24, 2.45) is 0 Å². The molecule has 0 radical (unpaired) electrons. The van der Waals surface area contributed by atoms with Crippen LogP contribution in [0, 0.1) is 0 Å². The van der Waals surface area contributed by atoms with Crippen LogP contribution in [0.15, 0.2) is 66.7 Å². The van der Waals surface area contributed by atoms with Gasteiger partial charge in [-0.25, -0.2) is 4.79 Å². The Labute approximate surface area is 122 Å². The van der Waals surface area contributed by atoms with Crippen molar-refractivity contribution in [2.45, 2.75) is 0 Å². The second kappa shape index (κ2) is 5.67. The standard InChI is InChI=1S/C18H14O3/c1-20-15-10-11-16-14(12-15)8-5-9-17(16)21-18(19)13-6-3-2-4-7-13/h2-12H,1H3. The monoisotopic (exact) mass is 278 g/mol. The van der Waals surface area contributed by atoms with Gasteiger partial charge >= 0.3 is 5.97 Å². The molecule has 0 aliphatic heterocycles. The summed E-state index contributed by atoms with van der Waals surface area (Å²) >= 11 is 0. The zero-order valence-corrected chi connectivity index (χ0v) is 11.6. The number of methoxy groups -OCH3 is 1. The normalized spacial score (nSPS) is 10.3. The minimum atomic E-state index is -0.362. The summed E-state index contributed by atoms with van der Waals surface area (Å²) in [6.07, 6.45) is 0. The van der Waals surface area contributed by atoms with Crippen molar-refractivity contribution in [3.05, 3.63) is 72.3 Å². The van der Waals surface area contributed by atoms with Crippen LogP contribution in [0.3, 0.4) is 0 Å². The maximum Gasteiger partial charge on any atom is 0.343 e. The molecule has 3 aromatic rings. The van der Waals surface area contributed by atoms with Gasteiger partial charge in [-0.15, -0.1) is 0 Å². The topological polar surface area (TPSA) is 35.5 Å². The lowest BCUT2D eigenvalue weighted by molar-refractivity contribution is 0.0737. The lowest BCUT2D eigenvalue weighted by atomic mass is 10.1. The van der Waals surface area contributed by atoms with Crippen LogP contribution in [-0.2, 0) is 0 Å². The van der Waals surface area contributed by atoms with Gasteiger partial charge in [0.25, 0.3) is 0 Å². The van der Waals surface area contributed by atoms with Crippen molar-refractivity contribution in [3.63, 3.8) is 0 Å². The molecule has 0 spiro atoms. The zero-order valence-electron chi connectivity index (χ0n) is 11.6. The lowest BCUT2D eigenvalue weighted by Gasteiger charge is -2.09. The molecule has 104 valence electrons. The largest absolute Gasteiger partial charge is 0.497 e. The molecule has 0 bridgehead atoms. The summed E-state index contributed by atoms with van der Waals surface area (Å²) in [6, 6.07) is 20.2. The Balaban J connectivity index is 1.96. The maximum absolute atomic E-state index is 12.1. The Bertz CT molecular complexity index is 779. The summed E-state index contributed by atoms with van der Waals surface area (Å²) in [7, 11) is 1.63. The van der Waals surface area contributed by atoms with E-state index in [0.717, 1.165) is 16.5 Å². The fraction of sp³-hybridized carbons (Fsp3) is 0.0556. The number of esters is 1. The fourth-order valence-corrected chi connectivity index (χ4v) is 2.18. The third-order valence-corrected chi connectivity index (χ3v) is 3.26. The number of benzene rings is 3. The number of hydrogen-bond donors (Lipinski definition) is 0. The number of hydrogen-bond acceptors (Lipinski definition) is 3. The van der Waals surface area contributed by atoms with E-state index in [9.17, 15) is 4.79 Å². The molecule has 3 aromatic carbocycles. The van der Waals surface area contributed by atoms with E-state index in [1.165, 1.54) is 0 Å². The van der Waals surface area contributed by atoms with Gasteiger partial charge in [-0.1, -0.05) is 30.3 Å². The molecule has 0 amide bonds. The highest BCUT2D eigenvalue weighted by Gasteiger charge is 2.10.